The molecule has 1 aromatic heterocycles. The zero-order valence-corrected chi connectivity index (χ0v) is 24.6. The van der Waals surface area contributed by atoms with E-state index < -0.39 is 0 Å². The Morgan fingerprint density at radius 2 is 1.84 bits per heavy atom. The second-order valence-corrected chi connectivity index (χ2v) is 9.63. The van der Waals surface area contributed by atoms with Crippen molar-refractivity contribution in [2.24, 2.45) is 16.8 Å². The number of hydrogen-bond donors (Lipinski definition) is 2. The molecule has 0 fully saturated rings. The van der Waals surface area contributed by atoms with Crippen molar-refractivity contribution >= 4 is 23.9 Å². The van der Waals surface area contributed by atoms with Crippen molar-refractivity contribution in [1.82, 2.24) is 9.88 Å². The first-order valence-corrected chi connectivity index (χ1v) is 13.9. The third-order valence-corrected chi connectivity index (χ3v) is 6.46. The van der Waals surface area contributed by atoms with Crippen molar-refractivity contribution in [1.29, 1.82) is 0 Å². The number of nitrogens with two attached hydrogens (primary N) is 1. The molecule has 0 aliphatic heterocycles. The maximum Gasteiger partial charge on any atom is 0.259 e. The molecule has 1 aromatic carbocycles. The van der Waals surface area contributed by atoms with Crippen LogP contribution in [0.2, 0.25) is 0 Å². The number of anilines is 1. The highest BCUT2D eigenvalue weighted by Gasteiger charge is 2.20. The molecule has 0 radical (unpaired) electrons. The predicted octanol–water partition coefficient (Wildman–Crippen LogP) is 6.57. The van der Waals surface area contributed by atoms with E-state index in [2.05, 4.69) is 74.7 Å². The maximum atomic E-state index is 12.8. The SMILES string of the molecule is C=NOC(C(C)C)N(CC)CC.CCCCCc1ccnc(/C(=C\N)C(=O)Nc2cc(CC)ccc2C)c1. The van der Waals surface area contributed by atoms with Gasteiger partial charge in [0.2, 0.25) is 0 Å². The fourth-order valence-electron chi connectivity index (χ4n) is 4.12. The van der Waals surface area contributed by atoms with Gasteiger partial charge in [0.15, 0.2) is 6.23 Å². The second kappa shape index (κ2) is 18.1. The van der Waals surface area contributed by atoms with Crippen LogP contribution in [0.4, 0.5) is 5.69 Å². The van der Waals surface area contributed by atoms with Gasteiger partial charge in [-0.2, -0.15) is 0 Å². The summed E-state index contributed by atoms with van der Waals surface area (Å²) in [7, 11) is 0. The number of unbranched alkanes of at least 4 members (excludes halogenated alkanes) is 2. The average molecular weight is 524 g/mol. The minimum Gasteiger partial charge on any atom is -0.404 e. The maximum absolute atomic E-state index is 12.8. The summed E-state index contributed by atoms with van der Waals surface area (Å²) in [4.78, 5) is 24.5. The molecule has 2 rings (SSSR count). The van der Waals surface area contributed by atoms with E-state index in [1.54, 1.807) is 6.20 Å². The summed E-state index contributed by atoms with van der Waals surface area (Å²) < 4.78 is 0. The van der Waals surface area contributed by atoms with Gasteiger partial charge in [0.25, 0.3) is 5.91 Å². The van der Waals surface area contributed by atoms with Crippen LogP contribution < -0.4 is 11.1 Å². The lowest BCUT2D eigenvalue weighted by atomic mass is 10.0. The smallest absolute Gasteiger partial charge is 0.259 e. The average Bonchev–Trinajstić information content (AvgIpc) is 2.91. The zero-order valence-electron chi connectivity index (χ0n) is 24.6. The molecule has 0 bridgehead atoms. The van der Waals surface area contributed by atoms with Crippen LogP contribution in [-0.4, -0.2) is 41.8 Å². The Balaban J connectivity index is 0.000000508. The molecular formula is C31H49N5O2. The molecule has 7 heteroatoms. The largest absolute Gasteiger partial charge is 0.404 e. The lowest BCUT2D eigenvalue weighted by Gasteiger charge is -2.29. The standard InChI is InChI=1S/C22H29N3O.C9H20N2O/c1-4-6-7-8-18-11-12-24-21(14-18)19(15-23)22(26)25-20-13-17(5-2)10-9-16(20)3;1-6-11(7-2)9(8(3)4)12-10-5/h9-15H,4-8,23H2,1-3H3,(H,25,26);8-9H,5-7H2,1-4H3/b19-15+;. The predicted molar refractivity (Wildman–Crippen MR) is 161 cm³/mol. The first-order chi connectivity index (χ1) is 18.3. The third-order valence-electron chi connectivity index (χ3n) is 6.46. The Hall–Kier alpha value is -3.19. The number of hydrogen-bond acceptors (Lipinski definition) is 6. The molecule has 1 atom stereocenters. The summed E-state index contributed by atoms with van der Waals surface area (Å²) in [5.41, 5.74) is 11.0. The van der Waals surface area contributed by atoms with Gasteiger partial charge in [-0.1, -0.05) is 66.5 Å². The van der Waals surface area contributed by atoms with E-state index in [4.69, 9.17) is 10.6 Å². The topological polar surface area (TPSA) is 92.8 Å². The van der Waals surface area contributed by atoms with Crippen LogP contribution >= 0.6 is 0 Å². The molecule has 3 N–H and O–H groups in total. The molecular weight excluding hydrogens is 474 g/mol. The first kappa shape index (κ1) is 32.8. The van der Waals surface area contributed by atoms with E-state index in [0.29, 0.717) is 17.2 Å². The van der Waals surface area contributed by atoms with Crippen molar-refractivity contribution in [2.45, 2.75) is 86.8 Å². The zero-order chi connectivity index (χ0) is 28.5. The molecule has 1 heterocycles. The van der Waals surface area contributed by atoms with E-state index in [9.17, 15) is 4.79 Å². The fraction of sp³-hybridized carbons (Fsp3) is 0.516. The number of aryl methyl sites for hydroxylation is 3. The van der Waals surface area contributed by atoms with Crippen LogP contribution in [0.25, 0.3) is 5.57 Å². The highest BCUT2D eigenvalue weighted by molar-refractivity contribution is 6.24. The fourth-order valence-corrected chi connectivity index (χ4v) is 4.12. The molecule has 7 nitrogen and oxygen atoms in total. The molecule has 1 unspecified atom stereocenters. The number of rotatable bonds is 14. The van der Waals surface area contributed by atoms with Gasteiger partial charge in [0.05, 0.1) is 11.3 Å². The van der Waals surface area contributed by atoms with Crippen LogP contribution in [0.5, 0.6) is 0 Å². The van der Waals surface area contributed by atoms with Crippen LogP contribution in [0.3, 0.4) is 0 Å². The van der Waals surface area contributed by atoms with E-state index in [1.165, 1.54) is 30.2 Å². The van der Waals surface area contributed by atoms with Crippen molar-refractivity contribution in [3.05, 3.63) is 65.1 Å². The summed E-state index contributed by atoms with van der Waals surface area (Å²) >= 11 is 0. The Kier molecular flexibility index (Phi) is 15.7. The minimum atomic E-state index is -0.234. The van der Waals surface area contributed by atoms with Crippen molar-refractivity contribution in [3.8, 4) is 0 Å². The molecule has 0 aliphatic carbocycles. The lowest BCUT2D eigenvalue weighted by molar-refractivity contribution is -0.111. The van der Waals surface area contributed by atoms with E-state index in [-0.39, 0.29) is 12.1 Å². The van der Waals surface area contributed by atoms with Crippen LogP contribution in [0.1, 0.15) is 83.2 Å². The van der Waals surface area contributed by atoms with Crippen LogP contribution in [0.15, 0.2) is 47.9 Å². The molecule has 0 saturated heterocycles. The number of benzene rings is 1. The summed E-state index contributed by atoms with van der Waals surface area (Å²) in [5, 5.41) is 6.46. The highest BCUT2D eigenvalue weighted by Crippen LogP contribution is 2.21. The lowest BCUT2D eigenvalue weighted by Crippen LogP contribution is -2.39. The number of amides is 1. The Morgan fingerprint density at radius 3 is 2.39 bits per heavy atom. The Bertz CT molecular complexity index is 1020. The van der Waals surface area contributed by atoms with E-state index in [1.807, 2.05) is 31.2 Å². The van der Waals surface area contributed by atoms with Crippen molar-refractivity contribution in [3.63, 3.8) is 0 Å². The number of pyridine rings is 1. The molecule has 210 valence electrons. The number of oxime groups is 1. The van der Waals surface area contributed by atoms with Gasteiger partial charge < -0.3 is 15.9 Å². The number of carbonyl (C=O) groups excluding carboxylic acids is 1. The van der Waals surface area contributed by atoms with Gasteiger partial charge in [-0.15, -0.1) is 5.16 Å². The third kappa shape index (κ3) is 10.7. The number of nitrogens with zero attached hydrogens (tertiary/aromatic N) is 3. The molecule has 0 saturated carbocycles. The van der Waals surface area contributed by atoms with Crippen molar-refractivity contribution in [2.75, 3.05) is 18.4 Å². The quantitative estimate of drug-likeness (QED) is 0.0961. The molecule has 0 aliphatic rings. The summed E-state index contributed by atoms with van der Waals surface area (Å²) in [6.45, 7) is 20.0. The second-order valence-electron chi connectivity index (χ2n) is 9.63. The minimum absolute atomic E-state index is 0.0671. The number of carbonyl (C=O) groups is 1. The van der Waals surface area contributed by atoms with Gasteiger partial charge in [0, 0.05) is 30.7 Å². The van der Waals surface area contributed by atoms with Gasteiger partial charge in [0.1, 0.15) is 0 Å². The van der Waals surface area contributed by atoms with E-state index >= 15 is 0 Å². The van der Waals surface area contributed by atoms with Gasteiger partial charge in [-0.05, 0) is 74.2 Å². The van der Waals surface area contributed by atoms with Crippen LogP contribution in [0, 0.1) is 12.8 Å². The van der Waals surface area contributed by atoms with Gasteiger partial charge in [-0.25, -0.2) is 0 Å². The monoisotopic (exact) mass is 523 g/mol. The normalized spacial score (nSPS) is 12.1. The van der Waals surface area contributed by atoms with E-state index in [0.717, 1.165) is 43.6 Å². The van der Waals surface area contributed by atoms with Gasteiger partial charge >= 0.3 is 0 Å². The number of nitrogens with one attached hydrogen (secondary N) is 1. The molecule has 1 amide bonds. The summed E-state index contributed by atoms with van der Waals surface area (Å²) in [6, 6.07) is 10.1. The molecule has 0 spiro atoms. The summed E-state index contributed by atoms with van der Waals surface area (Å²) in [6.07, 6.45) is 8.58. The Labute approximate surface area is 230 Å². The number of aromatic nitrogens is 1. The molecule has 2 aromatic rings. The van der Waals surface area contributed by atoms with Crippen molar-refractivity contribution < 1.29 is 9.63 Å². The molecule has 38 heavy (non-hydrogen) atoms. The van der Waals surface area contributed by atoms with Crippen LogP contribution in [-0.2, 0) is 22.5 Å². The highest BCUT2D eigenvalue weighted by atomic mass is 16.6. The summed E-state index contributed by atoms with van der Waals surface area (Å²) in [5.74, 6) is 0.206. The Morgan fingerprint density at radius 1 is 1.13 bits per heavy atom. The first-order valence-electron chi connectivity index (χ1n) is 13.9. The van der Waals surface area contributed by atoms with Gasteiger partial charge in [-0.3, -0.25) is 14.7 Å².